The van der Waals surface area contributed by atoms with Crippen molar-refractivity contribution in [3.63, 3.8) is 0 Å². The Bertz CT molecular complexity index is 628. The van der Waals surface area contributed by atoms with Gasteiger partial charge < -0.3 is 4.90 Å². The van der Waals surface area contributed by atoms with Crippen LogP contribution >= 0.6 is 23.2 Å². The fourth-order valence-corrected chi connectivity index (χ4v) is 2.09. The fraction of sp³-hybridized carbons (Fsp3) is 0.133. The molecule has 0 fully saturated rings. The number of nitrogens with zero attached hydrogens (tertiary/aromatic N) is 1. The topological polar surface area (TPSA) is 20.3 Å². The highest BCUT2D eigenvalue weighted by molar-refractivity contribution is 6.30. The summed E-state index contributed by atoms with van der Waals surface area (Å²) in [5, 5.41) is 0.894. The van der Waals surface area contributed by atoms with E-state index in [9.17, 15) is 9.18 Å². The van der Waals surface area contributed by atoms with Crippen LogP contribution in [0.25, 0.3) is 0 Å². The van der Waals surface area contributed by atoms with E-state index in [1.807, 2.05) is 12.1 Å². The highest BCUT2D eigenvalue weighted by atomic mass is 35.5. The van der Waals surface area contributed by atoms with Crippen LogP contribution < -0.4 is 0 Å². The van der Waals surface area contributed by atoms with Crippen LogP contribution in [0.1, 0.15) is 15.9 Å². The molecule has 0 saturated heterocycles. The molecule has 0 aliphatic heterocycles. The van der Waals surface area contributed by atoms with Gasteiger partial charge in [0.15, 0.2) is 0 Å². The molecule has 1 amide bonds. The number of hydrogen-bond donors (Lipinski definition) is 0. The maximum Gasteiger partial charge on any atom is 0.256 e. The van der Waals surface area contributed by atoms with E-state index in [2.05, 4.69) is 0 Å². The molecular formula is C15H12Cl2FNO. The Balaban J connectivity index is 2.14. The molecule has 2 rings (SSSR count). The van der Waals surface area contributed by atoms with Crippen LogP contribution in [0.2, 0.25) is 10.0 Å². The van der Waals surface area contributed by atoms with Crippen LogP contribution in [0.4, 0.5) is 4.39 Å². The van der Waals surface area contributed by atoms with E-state index >= 15 is 0 Å². The van der Waals surface area contributed by atoms with Crippen molar-refractivity contribution in [2.75, 3.05) is 7.05 Å². The van der Waals surface area contributed by atoms with Crippen molar-refractivity contribution >= 4 is 29.1 Å². The SMILES string of the molecule is CN(Cc1ccc(Cl)cc1)C(=O)c1ccc(Cl)cc1F. The largest absolute Gasteiger partial charge is 0.337 e. The first-order chi connectivity index (χ1) is 9.47. The van der Waals surface area contributed by atoms with Gasteiger partial charge in [0.1, 0.15) is 5.82 Å². The predicted octanol–water partition coefficient (Wildman–Crippen LogP) is 4.40. The Morgan fingerprint density at radius 2 is 1.70 bits per heavy atom. The number of carbonyl (C=O) groups is 1. The summed E-state index contributed by atoms with van der Waals surface area (Å²) in [6, 6.07) is 11.2. The lowest BCUT2D eigenvalue weighted by molar-refractivity contribution is 0.0780. The number of rotatable bonds is 3. The van der Waals surface area contributed by atoms with Gasteiger partial charge in [0.2, 0.25) is 0 Å². The quantitative estimate of drug-likeness (QED) is 0.822. The predicted molar refractivity (Wildman–Crippen MR) is 78.7 cm³/mol. The smallest absolute Gasteiger partial charge is 0.256 e. The van der Waals surface area contributed by atoms with Gasteiger partial charge in [0.25, 0.3) is 5.91 Å². The molecule has 0 aliphatic carbocycles. The second-order valence-corrected chi connectivity index (χ2v) is 5.28. The van der Waals surface area contributed by atoms with Gasteiger partial charge in [0, 0.05) is 23.6 Å². The second-order valence-electron chi connectivity index (χ2n) is 4.41. The molecule has 0 atom stereocenters. The number of hydrogen-bond acceptors (Lipinski definition) is 1. The Morgan fingerprint density at radius 3 is 2.30 bits per heavy atom. The maximum atomic E-state index is 13.7. The zero-order chi connectivity index (χ0) is 14.7. The summed E-state index contributed by atoms with van der Waals surface area (Å²) in [5.74, 6) is -1.01. The van der Waals surface area contributed by atoms with Crippen LogP contribution in [0.5, 0.6) is 0 Å². The van der Waals surface area contributed by atoms with Gasteiger partial charge >= 0.3 is 0 Å². The monoisotopic (exact) mass is 311 g/mol. The highest BCUT2D eigenvalue weighted by Crippen LogP contribution is 2.17. The number of benzene rings is 2. The van der Waals surface area contributed by atoms with E-state index in [1.165, 1.54) is 17.0 Å². The van der Waals surface area contributed by atoms with Crippen molar-refractivity contribution in [3.8, 4) is 0 Å². The summed E-state index contributed by atoms with van der Waals surface area (Å²) in [6.45, 7) is 0.373. The fourth-order valence-electron chi connectivity index (χ4n) is 1.80. The zero-order valence-corrected chi connectivity index (χ0v) is 12.2. The molecule has 2 aromatic rings. The van der Waals surface area contributed by atoms with Gasteiger partial charge in [-0.25, -0.2) is 4.39 Å². The molecule has 0 aromatic heterocycles. The van der Waals surface area contributed by atoms with Crippen LogP contribution in [0, 0.1) is 5.82 Å². The average molecular weight is 312 g/mol. The standard InChI is InChI=1S/C15H12Cl2FNO/c1-19(9-10-2-4-11(16)5-3-10)15(20)13-7-6-12(17)8-14(13)18/h2-8H,9H2,1H3. The first-order valence-electron chi connectivity index (χ1n) is 5.92. The summed E-state index contributed by atoms with van der Waals surface area (Å²) in [4.78, 5) is 13.6. The lowest BCUT2D eigenvalue weighted by Crippen LogP contribution is -2.27. The van der Waals surface area contributed by atoms with E-state index in [0.29, 0.717) is 11.6 Å². The van der Waals surface area contributed by atoms with Gasteiger partial charge in [-0.2, -0.15) is 0 Å². The van der Waals surface area contributed by atoms with Gasteiger partial charge in [-0.05, 0) is 35.9 Å². The van der Waals surface area contributed by atoms with Crippen molar-refractivity contribution in [2.45, 2.75) is 6.54 Å². The van der Waals surface area contributed by atoms with Crippen LogP contribution in [0.15, 0.2) is 42.5 Å². The maximum absolute atomic E-state index is 13.7. The lowest BCUT2D eigenvalue weighted by atomic mass is 10.1. The van der Waals surface area contributed by atoms with Crippen LogP contribution in [0.3, 0.4) is 0 Å². The molecule has 0 N–H and O–H groups in total. The minimum absolute atomic E-state index is 0.00543. The summed E-state index contributed by atoms with van der Waals surface area (Å²) >= 11 is 11.5. The van der Waals surface area contributed by atoms with Gasteiger partial charge in [-0.15, -0.1) is 0 Å². The first kappa shape index (κ1) is 14.8. The third kappa shape index (κ3) is 3.50. The Kier molecular flexibility index (Phi) is 4.63. The van der Waals surface area contributed by atoms with Crippen molar-refractivity contribution in [3.05, 3.63) is 69.5 Å². The molecule has 104 valence electrons. The highest BCUT2D eigenvalue weighted by Gasteiger charge is 2.16. The molecule has 0 bridgehead atoms. The van der Waals surface area contributed by atoms with Gasteiger partial charge in [0.05, 0.1) is 5.56 Å². The zero-order valence-electron chi connectivity index (χ0n) is 10.7. The number of carbonyl (C=O) groups excluding carboxylic acids is 1. The Morgan fingerprint density at radius 1 is 1.10 bits per heavy atom. The lowest BCUT2D eigenvalue weighted by Gasteiger charge is -2.17. The molecule has 0 radical (unpaired) electrons. The molecule has 2 aromatic carbocycles. The van der Waals surface area contributed by atoms with E-state index < -0.39 is 11.7 Å². The minimum Gasteiger partial charge on any atom is -0.337 e. The molecule has 0 unspecified atom stereocenters. The van der Waals surface area contributed by atoms with Crippen LogP contribution in [-0.4, -0.2) is 17.9 Å². The second kappa shape index (κ2) is 6.25. The number of amides is 1. The first-order valence-corrected chi connectivity index (χ1v) is 6.68. The van der Waals surface area contributed by atoms with E-state index in [4.69, 9.17) is 23.2 Å². The summed E-state index contributed by atoms with van der Waals surface area (Å²) in [5.41, 5.74) is 0.922. The molecule has 0 spiro atoms. The normalized spacial score (nSPS) is 10.4. The third-order valence-electron chi connectivity index (χ3n) is 2.84. The van der Waals surface area contributed by atoms with E-state index in [0.717, 1.165) is 11.6 Å². The van der Waals surface area contributed by atoms with Crippen molar-refractivity contribution in [2.24, 2.45) is 0 Å². The molecular weight excluding hydrogens is 300 g/mol. The van der Waals surface area contributed by atoms with Gasteiger partial charge in [-0.3, -0.25) is 4.79 Å². The Hall–Kier alpha value is -1.58. The molecule has 0 saturated carbocycles. The van der Waals surface area contributed by atoms with Gasteiger partial charge in [-0.1, -0.05) is 35.3 Å². The van der Waals surface area contributed by atoms with Crippen LogP contribution in [-0.2, 0) is 6.54 Å². The summed E-state index contributed by atoms with van der Waals surface area (Å²) < 4.78 is 13.7. The molecule has 0 aliphatic rings. The van der Waals surface area contributed by atoms with E-state index in [1.54, 1.807) is 19.2 Å². The summed E-state index contributed by atoms with van der Waals surface area (Å²) in [6.07, 6.45) is 0. The Labute approximate surface area is 126 Å². The minimum atomic E-state index is -0.620. The summed E-state index contributed by atoms with van der Waals surface area (Å²) in [7, 11) is 1.62. The average Bonchev–Trinajstić information content (AvgIpc) is 2.40. The third-order valence-corrected chi connectivity index (χ3v) is 3.33. The van der Waals surface area contributed by atoms with Crippen molar-refractivity contribution in [1.29, 1.82) is 0 Å². The number of halogens is 3. The van der Waals surface area contributed by atoms with Crippen molar-refractivity contribution in [1.82, 2.24) is 4.90 Å². The van der Waals surface area contributed by atoms with Crippen molar-refractivity contribution < 1.29 is 9.18 Å². The molecule has 2 nitrogen and oxygen atoms in total. The molecule has 5 heteroatoms. The molecule has 20 heavy (non-hydrogen) atoms. The van der Waals surface area contributed by atoms with E-state index in [-0.39, 0.29) is 10.6 Å². The molecule has 0 heterocycles.